The van der Waals surface area contributed by atoms with Crippen molar-refractivity contribution < 1.29 is 31.3 Å². The van der Waals surface area contributed by atoms with Gasteiger partial charge in [0.15, 0.2) is 5.84 Å². The predicted molar refractivity (Wildman–Crippen MR) is 75.1 cm³/mol. The lowest BCUT2D eigenvalue weighted by molar-refractivity contribution is -0.0510. The molecule has 0 saturated carbocycles. The Morgan fingerprint density at radius 2 is 1.68 bits per heavy atom. The van der Waals surface area contributed by atoms with E-state index in [1.165, 1.54) is 6.21 Å². The summed E-state index contributed by atoms with van der Waals surface area (Å²) in [4.78, 5) is 6.05. The highest BCUT2D eigenvalue weighted by atomic mass is 32.2. The SMILES string of the molecule is CN(C)C(/C=N/O)=Nc1ccccc1.O=S(=O)(O)C(F)(F)F. The smallest absolute Gasteiger partial charge is 0.411 e. The van der Waals surface area contributed by atoms with E-state index in [0.29, 0.717) is 5.84 Å². The van der Waals surface area contributed by atoms with Crippen LogP contribution in [0.4, 0.5) is 18.9 Å². The summed E-state index contributed by atoms with van der Waals surface area (Å²) in [6, 6.07) is 9.50. The fourth-order valence-corrected chi connectivity index (χ4v) is 0.931. The van der Waals surface area contributed by atoms with Gasteiger partial charge in [0.2, 0.25) is 0 Å². The second-order valence-corrected chi connectivity index (χ2v) is 5.28. The molecule has 124 valence electrons. The molecular weight excluding hydrogens is 327 g/mol. The molecule has 0 aliphatic heterocycles. The molecule has 0 spiro atoms. The van der Waals surface area contributed by atoms with E-state index < -0.39 is 15.6 Å². The zero-order chi connectivity index (χ0) is 17.4. The zero-order valence-electron chi connectivity index (χ0n) is 11.6. The van der Waals surface area contributed by atoms with Gasteiger partial charge >= 0.3 is 15.6 Å². The molecule has 0 aliphatic rings. The molecule has 0 heterocycles. The van der Waals surface area contributed by atoms with Crippen molar-refractivity contribution in [2.45, 2.75) is 5.51 Å². The van der Waals surface area contributed by atoms with E-state index in [0.717, 1.165) is 5.69 Å². The van der Waals surface area contributed by atoms with E-state index in [9.17, 15) is 13.2 Å². The van der Waals surface area contributed by atoms with Crippen molar-refractivity contribution in [2.24, 2.45) is 10.1 Å². The molecule has 1 rings (SSSR count). The van der Waals surface area contributed by atoms with Crippen LogP contribution in [0.15, 0.2) is 40.5 Å². The summed E-state index contributed by atoms with van der Waals surface area (Å²) in [5, 5.41) is 11.4. The number of hydrogen-bond acceptors (Lipinski definition) is 5. The molecular formula is C11H14F3N3O4S. The fraction of sp³-hybridized carbons (Fsp3) is 0.273. The summed E-state index contributed by atoms with van der Waals surface area (Å²) in [7, 11) is -2.17. The molecule has 0 radical (unpaired) electrons. The van der Waals surface area contributed by atoms with Gasteiger partial charge in [-0.25, -0.2) is 4.99 Å². The molecule has 0 amide bonds. The Balaban J connectivity index is 0.000000472. The van der Waals surface area contributed by atoms with Crippen LogP contribution < -0.4 is 0 Å². The maximum absolute atomic E-state index is 10.7. The second kappa shape index (κ2) is 8.34. The van der Waals surface area contributed by atoms with Crippen LogP contribution in [0.2, 0.25) is 0 Å². The third kappa shape index (κ3) is 7.59. The maximum Gasteiger partial charge on any atom is 0.522 e. The summed E-state index contributed by atoms with van der Waals surface area (Å²) in [5.74, 6) is 0.596. The van der Waals surface area contributed by atoms with Gasteiger partial charge in [-0.15, -0.1) is 0 Å². The molecule has 1 aromatic carbocycles. The topological polar surface area (TPSA) is 103 Å². The van der Waals surface area contributed by atoms with Crippen LogP contribution in [0.1, 0.15) is 0 Å². The molecule has 0 aliphatic carbocycles. The van der Waals surface area contributed by atoms with Crippen LogP contribution >= 0.6 is 0 Å². The number of aliphatic imine (C=N–C) groups is 1. The molecule has 0 saturated heterocycles. The van der Waals surface area contributed by atoms with Gasteiger partial charge in [0, 0.05) is 14.1 Å². The third-order valence-electron chi connectivity index (χ3n) is 1.92. The summed E-state index contributed by atoms with van der Waals surface area (Å²) in [6.07, 6.45) is 1.30. The van der Waals surface area contributed by atoms with E-state index in [1.807, 2.05) is 44.4 Å². The summed E-state index contributed by atoms with van der Waals surface area (Å²) in [5.41, 5.74) is -4.70. The van der Waals surface area contributed by atoms with E-state index in [-0.39, 0.29) is 0 Å². The van der Waals surface area contributed by atoms with Crippen molar-refractivity contribution in [3.05, 3.63) is 30.3 Å². The van der Waals surface area contributed by atoms with Gasteiger partial charge in [0.1, 0.15) is 6.21 Å². The third-order valence-corrected chi connectivity index (χ3v) is 2.51. The number of para-hydroxylation sites is 1. The van der Waals surface area contributed by atoms with Crippen LogP contribution in [-0.4, -0.2) is 54.7 Å². The number of oxime groups is 1. The summed E-state index contributed by atoms with van der Waals surface area (Å²) < 4.78 is 57.5. The maximum atomic E-state index is 10.7. The van der Waals surface area contributed by atoms with Crippen LogP contribution in [0.25, 0.3) is 0 Å². The number of amidine groups is 1. The van der Waals surface area contributed by atoms with Gasteiger partial charge in [-0.05, 0) is 12.1 Å². The van der Waals surface area contributed by atoms with Crippen molar-refractivity contribution in [3.8, 4) is 0 Å². The van der Waals surface area contributed by atoms with E-state index in [4.69, 9.17) is 18.2 Å². The van der Waals surface area contributed by atoms with Crippen LogP contribution in [-0.2, 0) is 10.1 Å². The lowest BCUT2D eigenvalue weighted by Gasteiger charge is -2.10. The van der Waals surface area contributed by atoms with E-state index in [2.05, 4.69) is 10.1 Å². The van der Waals surface area contributed by atoms with Gasteiger partial charge in [-0.3, -0.25) is 4.55 Å². The Kier molecular flexibility index (Phi) is 7.53. The van der Waals surface area contributed by atoms with Gasteiger partial charge < -0.3 is 10.1 Å². The molecule has 0 unspecified atom stereocenters. The largest absolute Gasteiger partial charge is 0.522 e. The van der Waals surface area contributed by atoms with Gasteiger partial charge in [-0.2, -0.15) is 21.6 Å². The van der Waals surface area contributed by atoms with Crippen molar-refractivity contribution in [1.29, 1.82) is 0 Å². The Morgan fingerprint density at radius 3 is 2.00 bits per heavy atom. The van der Waals surface area contributed by atoms with Gasteiger partial charge in [0.25, 0.3) is 0 Å². The monoisotopic (exact) mass is 341 g/mol. The van der Waals surface area contributed by atoms with Crippen molar-refractivity contribution in [3.63, 3.8) is 0 Å². The van der Waals surface area contributed by atoms with Gasteiger partial charge in [-0.1, -0.05) is 23.4 Å². The Hall–Kier alpha value is -2.14. The second-order valence-electron chi connectivity index (χ2n) is 3.87. The highest BCUT2D eigenvalue weighted by molar-refractivity contribution is 7.86. The standard InChI is InChI=1S/C10H13N3O.CHF3O3S/c1-13(2)10(8-11-14)12-9-6-4-3-5-7-9;2-1(3,4)8(5,6)7/h3-8,14H,1-2H3;(H,5,6,7)/b11-8+,12-10?;. The van der Waals surface area contributed by atoms with Gasteiger partial charge in [0.05, 0.1) is 5.69 Å². The summed E-state index contributed by atoms with van der Waals surface area (Å²) >= 11 is 0. The number of alkyl halides is 3. The molecule has 7 nitrogen and oxygen atoms in total. The number of hydrogen-bond donors (Lipinski definition) is 2. The zero-order valence-corrected chi connectivity index (χ0v) is 12.4. The molecule has 1 aromatic rings. The minimum absolute atomic E-state index is 0.596. The van der Waals surface area contributed by atoms with E-state index in [1.54, 1.807) is 4.90 Å². The van der Waals surface area contributed by atoms with Crippen LogP contribution in [0.5, 0.6) is 0 Å². The minimum atomic E-state index is -5.84. The van der Waals surface area contributed by atoms with Crippen molar-refractivity contribution >= 4 is 27.9 Å². The normalized spacial score (nSPS) is 12.7. The highest BCUT2D eigenvalue weighted by Gasteiger charge is 2.44. The quantitative estimate of drug-likeness (QED) is 0.214. The first-order valence-electron chi connectivity index (χ1n) is 5.51. The number of rotatable bonds is 2. The van der Waals surface area contributed by atoms with Crippen LogP contribution in [0.3, 0.4) is 0 Å². The van der Waals surface area contributed by atoms with E-state index >= 15 is 0 Å². The van der Waals surface area contributed by atoms with Crippen molar-refractivity contribution in [2.75, 3.05) is 14.1 Å². The first-order valence-corrected chi connectivity index (χ1v) is 6.95. The molecule has 0 atom stereocenters. The molecule has 11 heteroatoms. The first kappa shape index (κ1) is 19.9. The molecule has 0 fully saturated rings. The average Bonchev–Trinajstić information content (AvgIpc) is 2.37. The Morgan fingerprint density at radius 1 is 1.23 bits per heavy atom. The number of nitrogens with zero attached hydrogens (tertiary/aromatic N) is 3. The molecule has 0 aromatic heterocycles. The lowest BCUT2D eigenvalue weighted by atomic mass is 10.3. The summed E-state index contributed by atoms with van der Waals surface area (Å²) in [6.45, 7) is 0. The lowest BCUT2D eigenvalue weighted by Crippen LogP contribution is -2.22. The average molecular weight is 341 g/mol. The predicted octanol–water partition coefficient (Wildman–Crippen LogP) is 2.13. The number of benzene rings is 1. The Bertz CT molecular complexity index is 613. The fourth-order valence-electron chi connectivity index (χ4n) is 0.931. The molecule has 22 heavy (non-hydrogen) atoms. The van der Waals surface area contributed by atoms with Crippen LogP contribution in [0, 0.1) is 0 Å². The van der Waals surface area contributed by atoms with Crippen molar-refractivity contribution in [1.82, 2.24) is 4.90 Å². The highest BCUT2D eigenvalue weighted by Crippen LogP contribution is 2.20. The molecule has 0 bridgehead atoms. The molecule has 2 N–H and O–H groups in total. The first-order chi connectivity index (χ1) is 9.99. The Labute approximate surface area is 125 Å². The number of halogens is 3. The minimum Gasteiger partial charge on any atom is -0.411 e.